The van der Waals surface area contributed by atoms with Gasteiger partial charge in [0.15, 0.2) is 0 Å². The summed E-state index contributed by atoms with van der Waals surface area (Å²) in [7, 11) is 0. The van der Waals surface area contributed by atoms with Crippen LogP contribution < -0.4 is 5.32 Å². The largest absolute Gasteiger partial charge is 0.468 e. The van der Waals surface area contributed by atoms with E-state index in [1.807, 2.05) is 30.5 Å². The highest BCUT2D eigenvalue weighted by molar-refractivity contribution is 9.10. The lowest BCUT2D eigenvalue weighted by atomic mass is 10.2. The summed E-state index contributed by atoms with van der Waals surface area (Å²) in [5.74, 6) is 0.939. The molecule has 3 nitrogen and oxygen atoms in total. The average molecular weight is 349 g/mol. The fourth-order valence-corrected chi connectivity index (χ4v) is 3.16. The van der Waals surface area contributed by atoms with Crippen LogP contribution in [0.25, 0.3) is 10.4 Å². The van der Waals surface area contributed by atoms with E-state index in [-0.39, 0.29) is 0 Å². The zero-order chi connectivity index (χ0) is 13.8. The number of aromatic nitrogens is 1. The first-order valence-electron chi connectivity index (χ1n) is 6.25. The van der Waals surface area contributed by atoms with Gasteiger partial charge in [-0.2, -0.15) is 0 Å². The monoisotopic (exact) mass is 348 g/mol. The van der Waals surface area contributed by atoms with Crippen molar-refractivity contribution in [2.24, 2.45) is 0 Å². The van der Waals surface area contributed by atoms with Crippen LogP contribution in [0.4, 0.5) is 0 Å². The van der Waals surface area contributed by atoms with Crippen LogP contribution >= 0.6 is 27.3 Å². The van der Waals surface area contributed by atoms with Gasteiger partial charge in [-0.3, -0.25) is 0 Å². The highest BCUT2D eigenvalue weighted by Crippen LogP contribution is 2.28. The molecule has 0 atom stereocenters. The van der Waals surface area contributed by atoms with Gasteiger partial charge in [-0.05, 0) is 29.8 Å². The number of nitrogens with one attached hydrogen (secondary N) is 1. The van der Waals surface area contributed by atoms with Crippen molar-refractivity contribution in [2.45, 2.75) is 13.1 Å². The van der Waals surface area contributed by atoms with E-state index in [0.29, 0.717) is 0 Å². The maximum Gasteiger partial charge on any atom is 0.117 e. The van der Waals surface area contributed by atoms with E-state index in [0.717, 1.165) is 28.3 Å². The second kappa shape index (κ2) is 6.35. The van der Waals surface area contributed by atoms with Gasteiger partial charge in [0.05, 0.1) is 17.7 Å². The van der Waals surface area contributed by atoms with Crippen LogP contribution in [0.1, 0.15) is 10.8 Å². The molecule has 1 aromatic carbocycles. The standard InChI is InChI=1S/C15H13BrN2OS/c16-12-4-1-3-11(7-12)14-9-18-15(20-14)10-17-8-13-5-2-6-19-13/h1-7,9,17H,8,10H2. The molecule has 0 radical (unpaired) electrons. The van der Waals surface area contributed by atoms with Crippen LogP contribution in [-0.2, 0) is 13.1 Å². The van der Waals surface area contributed by atoms with Gasteiger partial charge < -0.3 is 9.73 Å². The van der Waals surface area contributed by atoms with Gasteiger partial charge in [0, 0.05) is 17.2 Å². The molecule has 0 fully saturated rings. The lowest BCUT2D eigenvalue weighted by molar-refractivity contribution is 0.483. The summed E-state index contributed by atoms with van der Waals surface area (Å²) in [6, 6.07) is 12.1. The Morgan fingerprint density at radius 3 is 2.95 bits per heavy atom. The molecule has 3 aromatic rings. The number of halogens is 1. The van der Waals surface area contributed by atoms with Crippen molar-refractivity contribution in [2.75, 3.05) is 0 Å². The topological polar surface area (TPSA) is 38.1 Å². The summed E-state index contributed by atoms with van der Waals surface area (Å²) in [5.41, 5.74) is 1.19. The number of benzene rings is 1. The highest BCUT2D eigenvalue weighted by atomic mass is 79.9. The molecule has 0 bridgehead atoms. The molecular weight excluding hydrogens is 336 g/mol. The normalized spacial score (nSPS) is 10.8. The Morgan fingerprint density at radius 1 is 1.20 bits per heavy atom. The molecule has 0 amide bonds. The van der Waals surface area contributed by atoms with Gasteiger partial charge in [0.25, 0.3) is 0 Å². The zero-order valence-electron chi connectivity index (χ0n) is 10.7. The smallest absolute Gasteiger partial charge is 0.117 e. The maximum absolute atomic E-state index is 5.27. The quantitative estimate of drug-likeness (QED) is 0.739. The van der Waals surface area contributed by atoms with Crippen LogP contribution in [0.15, 0.2) is 57.7 Å². The molecular formula is C15H13BrN2OS. The number of hydrogen-bond acceptors (Lipinski definition) is 4. The summed E-state index contributed by atoms with van der Waals surface area (Å²) < 4.78 is 6.36. The van der Waals surface area contributed by atoms with Gasteiger partial charge in [-0.25, -0.2) is 4.98 Å². The van der Waals surface area contributed by atoms with Crippen molar-refractivity contribution in [1.82, 2.24) is 10.3 Å². The Kier molecular flexibility index (Phi) is 4.30. The summed E-state index contributed by atoms with van der Waals surface area (Å²) in [6.07, 6.45) is 3.61. The van der Waals surface area contributed by atoms with E-state index in [1.54, 1.807) is 17.6 Å². The molecule has 0 spiro atoms. The average Bonchev–Trinajstić information content (AvgIpc) is 3.10. The molecule has 102 valence electrons. The minimum Gasteiger partial charge on any atom is -0.468 e. The van der Waals surface area contributed by atoms with Crippen molar-refractivity contribution in [3.05, 3.63) is 64.1 Å². The fourth-order valence-electron chi connectivity index (χ4n) is 1.87. The first-order valence-corrected chi connectivity index (χ1v) is 7.86. The van der Waals surface area contributed by atoms with Gasteiger partial charge in [0.1, 0.15) is 10.8 Å². The molecule has 3 rings (SSSR count). The third-order valence-electron chi connectivity index (χ3n) is 2.82. The van der Waals surface area contributed by atoms with Crippen molar-refractivity contribution < 1.29 is 4.42 Å². The molecule has 5 heteroatoms. The minimum absolute atomic E-state index is 0.721. The number of nitrogens with zero attached hydrogens (tertiary/aromatic N) is 1. The van der Waals surface area contributed by atoms with Crippen molar-refractivity contribution in [3.8, 4) is 10.4 Å². The second-order valence-corrected chi connectivity index (χ2v) is 6.34. The number of thiazole rings is 1. The predicted molar refractivity (Wildman–Crippen MR) is 84.5 cm³/mol. The summed E-state index contributed by atoms with van der Waals surface area (Å²) in [4.78, 5) is 5.63. The number of rotatable bonds is 5. The molecule has 1 N–H and O–H groups in total. The van der Waals surface area contributed by atoms with E-state index in [1.165, 1.54) is 10.4 Å². The predicted octanol–water partition coefficient (Wildman–Crippen LogP) is 4.46. The van der Waals surface area contributed by atoms with Gasteiger partial charge in [-0.1, -0.05) is 28.1 Å². The highest BCUT2D eigenvalue weighted by Gasteiger charge is 2.05. The summed E-state index contributed by atoms with van der Waals surface area (Å²) in [6.45, 7) is 1.47. The fraction of sp³-hybridized carbons (Fsp3) is 0.133. The van der Waals surface area contributed by atoms with Gasteiger partial charge in [0.2, 0.25) is 0 Å². The van der Waals surface area contributed by atoms with E-state index in [2.05, 4.69) is 38.4 Å². The molecule has 2 heterocycles. The first kappa shape index (κ1) is 13.5. The van der Waals surface area contributed by atoms with Gasteiger partial charge in [-0.15, -0.1) is 11.3 Å². The van der Waals surface area contributed by atoms with Crippen LogP contribution in [0.5, 0.6) is 0 Å². The lowest BCUT2D eigenvalue weighted by Crippen LogP contribution is -2.11. The molecule has 0 aliphatic heterocycles. The second-order valence-electron chi connectivity index (χ2n) is 4.31. The van der Waals surface area contributed by atoms with Crippen molar-refractivity contribution in [3.63, 3.8) is 0 Å². The molecule has 2 aromatic heterocycles. The summed E-state index contributed by atoms with van der Waals surface area (Å²) in [5, 5.41) is 4.40. The molecule has 0 saturated heterocycles. The molecule has 0 aliphatic carbocycles. The van der Waals surface area contributed by atoms with E-state index >= 15 is 0 Å². The SMILES string of the molecule is Brc1cccc(-c2cnc(CNCc3ccco3)s2)c1. The van der Waals surface area contributed by atoms with Crippen LogP contribution in [0.2, 0.25) is 0 Å². The molecule has 0 aliphatic rings. The molecule has 0 saturated carbocycles. The Hall–Kier alpha value is -1.43. The zero-order valence-corrected chi connectivity index (χ0v) is 13.1. The van der Waals surface area contributed by atoms with Crippen molar-refractivity contribution in [1.29, 1.82) is 0 Å². The lowest BCUT2D eigenvalue weighted by Gasteiger charge is -1.99. The number of hydrogen-bond donors (Lipinski definition) is 1. The van der Waals surface area contributed by atoms with E-state index < -0.39 is 0 Å². The Morgan fingerprint density at radius 2 is 2.15 bits per heavy atom. The van der Waals surface area contributed by atoms with Crippen LogP contribution in [0.3, 0.4) is 0 Å². The summed E-state index contributed by atoms with van der Waals surface area (Å²) >= 11 is 5.20. The van der Waals surface area contributed by atoms with Gasteiger partial charge >= 0.3 is 0 Å². The van der Waals surface area contributed by atoms with Crippen molar-refractivity contribution >= 4 is 27.3 Å². The Labute approximate surface area is 129 Å². The maximum atomic E-state index is 5.27. The third kappa shape index (κ3) is 3.36. The van der Waals surface area contributed by atoms with E-state index in [4.69, 9.17) is 4.42 Å². The minimum atomic E-state index is 0.721. The van der Waals surface area contributed by atoms with E-state index in [9.17, 15) is 0 Å². The first-order chi connectivity index (χ1) is 9.81. The molecule has 0 unspecified atom stereocenters. The Balaban J connectivity index is 1.62. The number of furan rings is 1. The van der Waals surface area contributed by atoms with Crippen LogP contribution in [-0.4, -0.2) is 4.98 Å². The van der Waals surface area contributed by atoms with Crippen LogP contribution in [0, 0.1) is 0 Å². The molecule has 20 heavy (non-hydrogen) atoms. The third-order valence-corrected chi connectivity index (χ3v) is 4.36. The Bertz CT molecular complexity index is 679.